The minimum Gasteiger partial charge on any atom is -0.303 e. The zero-order chi connectivity index (χ0) is 12.8. The molecule has 1 fully saturated rings. The van der Waals surface area contributed by atoms with E-state index in [9.17, 15) is 4.79 Å². The normalized spacial score (nSPS) is 21.7. The summed E-state index contributed by atoms with van der Waals surface area (Å²) in [5.74, 6) is 0.0375. The maximum Gasteiger partial charge on any atom is 0.239 e. The molecule has 1 aromatic rings. The van der Waals surface area contributed by atoms with Gasteiger partial charge in [0.15, 0.2) is 5.17 Å². The quantitative estimate of drug-likeness (QED) is 0.668. The molecule has 1 aromatic carbocycles. The predicted octanol–water partition coefficient (Wildman–Crippen LogP) is 2.41. The molecule has 1 aliphatic rings. The molecule has 1 saturated heterocycles. The molecule has 94 valence electrons. The molecule has 1 N–H and O–H groups in total. The molecule has 0 spiro atoms. The number of nitrogens with one attached hydrogen (secondary N) is 1. The number of hydrogen-bond acceptors (Lipinski definition) is 4. The van der Waals surface area contributed by atoms with Crippen LogP contribution in [0.25, 0.3) is 0 Å². The summed E-state index contributed by atoms with van der Waals surface area (Å²) in [4.78, 5) is 11.5. The first-order valence-corrected chi connectivity index (χ1v) is 6.81. The summed E-state index contributed by atoms with van der Waals surface area (Å²) in [6.45, 7) is 2.07. The molecule has 1 heterocycles. The van der Waals surface area contributed by atoms with Crippen LogP contribution in [-0.4, -0.2) is 22.5 Å². The van der Waals surface area contributed by atoms with E-state index >= 15 is 0 Å². The van der Waals surface area contributed by atoms with Crippen LogP contribution in [0.3, 0.4) is 0 Å². The Bertz CT molecular complexity index is 470. The SMILES string of the molecule is CCCC1S/C(=N/N=Cc2ccccc2)NC1=O. The minimum atomic E-state index is -0.0133. The maximum atomic E-state index is 11.5. The Morgan fingerprint density at radius 2 is 2.17 bits per heavy atom. The van der Waals surface area contributed by atoms with Crippen molar-refractivity contribution in [3.8, 4) is 0 Å². The molecule has 0 bridgehead atoms. The summed E-state index contributed by atoms with van der Waals surface area (Å²) in [6.07, 6.45) is 3.54. The lowest BCUT2D eigenvalue weighted by Gasteiger charge is -1.99. The first kappa shape index (κ1) is 12.8. The van der Waals surface area contributed by atoms with Crippen molar-refractivity contribution < 1.29 is 4.79 Å². The molecule has 1 unspecified atom stereocenters. The van der Waals surface area contributed by atoms with Crippen molar-refractivity contribution in [1.29, 1.82) is 0 Å². The van der Waals surface area contributed by atoms with Gasteiger partial charge in [-0.15, -0.1) is 5.10 Å². The molecule has 0 saturated carbocycles. The number of hydrogen-bond donors (Lipinski definition) is 1. The highest BCUT2D eigenvalue weighted by Gasteiger charge is 2.29. The van der Waals surface area contributed by atoms with Crippen LogP contribution in [0.15, 0.2) is 40.5 Å². The lowest BCUT2D eigenvalue weighted by Crippen LogP contribution is -2.24. The number of benzene rings is 1. The van der Waals surface area contributed by atoms with Gasteiger partial charge in [0.05, 0.1) is 11.5 Å². The van der Waals surface area contributed by atoms with E-state index in [0.717, 1.165) is 18.4 Å². The predicted molar refractivity (Wildman–Crippen MR) is 75.9 cm³/mol. The number of thioether (sulfide) groups is 1. The van der Waals surface area contributed by atoms with Crippen LogP contribution in [-0.2, 0) is 4.79 Å². The molecule has 1 amide bonds. The van der Waals surface area contributed by atoms with Gasteiger partial charge in [-0.1, -0.05) is 55.4 Å². The summed E-state index contributed by atoms with van der Waals surface area (Å²) >= 11 is 1.45. The second-order valence-corrected chi connectivity index (χ2v) is 5.14. The third kappa shape index (κ3) is 3.43. The summed E-state index contributed by atoms with van der Waals surface area (Å²) in [6, 6.07) is 9.73. The Labute approximate surface area is 111 Å². The van der Waals surface area contributed by atoms with Gasteiger partial charge >= 0.3 is 0 Å². The van der Waals surface area contributed by atoms with Gasteiger partial charge in [-0.05, 0) is 12.0 Å². The summed E-state index contributed by atoms with van der Waals surface area (Å²) < 4.78 is 0. The van der Waals surface area contributed by atoms with Crippen LogP contribution in [0.1, 0.15) is 25.3 Å². The van der Waals surface area contributed by atoms with E-state index in [1.807, 2.05) is 30.3 Å². The highest BCUT2D eigenvalue weighted by molar-refractivity contribution is 8.15. The Balaban J connectivity index is 1.95. The molecule has 0 aliphatic carbocycles. The maximum absolute atomic E-state index is 11.5. The monoisotopic (exact) mass is 261 g/mol. The second kappa shape index (κ2) is 6.35. The van der Waals surface area contributed by atoms with Gasteiger partial charge < -0.3 is 5.32 Å². The highest BCUT2D eigenvalue weighted by Crippen LogP contribution is 2.23. The minimum absolute atomic E-state index is 0.0133. The summed E-state index contributed by atoms with van der Waals surface area (Å²) in [5.41, 5.74) is 0.987. The highest BCUT2D eigenvalue weighted by atomic mass is 32.2. The zero-order valence-corrected chi connectivity index (χ0v) is 11.0. The lowest BCUT2D eigenvalue weighted by molar-refractivity contribution is -0.118. The fraction of sp³-hybridized carbons (Fsp3) is 0.308. The molecule has 5 heteroatoms. The third-order valence-electron chi connectivity index (χ3n) is 2.48. The number of carbonyl (C=O) groups is 1. The van der Waals surface area contributed by atoms with E-state index in [0.29, 0.717) is 5.17 Å². The van der Waals surface area contributed by atoms with Crippen LogP contribution in [0, 0.1) is 0 Å². The molecule has 2 rings (SSSR count). The van der Waals surface area contributed by atoms with Gasteiger partial charge in [-0.25, -0.2) is 0 Å². The Morgan fingerprint density at radius 1 is 1.39 bits per heavy atom. The van der Waals surface area contributed by atoms with E-state index in [1.165, 1.54) is 11.8 Å². The number of carbonyl (C=O) groups excluding carboxylic acids is 1. The van der Waals surface area contributed by atoms with Crippen molar-refractivity contribution in [2.24, 2.45) is 10.2 Å². The molecule has 0 radical (unpaired) electrons. The largest absolute Gasteiger partial charge is 0.303 e. The second-order valence-electron chi connectivity index (χ2n) is 3.94. The smallest absolute Gasteiger partial charge is 0.239 e. The van der Waals surface area contributed by atoms with Gasteiger partial charge in [-0.3, -0.25) is 4.79 Å². The lowest BCUT2D eigenvalue weighted by atomic mass is 10.2. The van der Waals surface area contributed by atoms with Crippen LogP contribution in [0.2, 0.25) is 0 Å². The van der Waals surface area contributed by atoms with Crippen LogP contribution in [0.4, 0.5) is 0 Å². The number of rotatable bonds is 4. The number of amidine groups is 1. The summed E-state index contributed by atoms with van der Waals surface area (Å²) in [5, 5.41) is 11.3. The van der Waals surface area contributed by atoms with E-state index in [1.54, 1.807) is 6.21 Å². The van der Waals surface area contributed by atoms with Gasteiger partial charge in [0, 0.05) is 0 Å². The Kier molecular flexibility index (Phi) is 4.52. The van der Waals surface area contributed by atoms with Gasteiger partial charge in [0.25, 0.3) is 0 Å². The van der Waals surface area contributed by atoms with Crippen molar-refractivity contribution in [2.75, 3.05) is 0 Å². The van der Waals surface area contributed by atoms with Crippen molar-refractivity contribution in [1.82, 2.24) is 5.32 Å². The van der Waals surface area contributed by atoms with Crippen LogP contribution < -0.4 is 5.32 Å². The molecule has 0 aromatic heterocycles. The third-order valence-corrected chi connectivity index (χ3v) is 3.62. The zero-order valence-electron chi connectivity index (χ0n) is 10.2. The fourth-order valence-electron chi connectivity index (χ4n) is 1.59. The average molecular weight is 261 g/mol. The average Bonchev–Trinajstić information content (AvgIpc) is 2.72. The van der Waals surface area contributed by atoms with E-state index in [4.69, 9.17) is 0 Å². The van der Waals surface area contributed by atoms with Gasteiger partial charge in [0.2, 0.25) is 5.91 Å². The first-order valence-electron chi connectivity index (χ1n) is 5.93. The van der Waals surface area contributed by atoms with Crippen molar-refractivity contribution in [3.05, 3.63) is 35.9 Å². The van der Waals surface area contributed by atoms with Gasteiger partial charge in [0.1, 0.15) is 0 Å². The molecule has 1 atom stereocenters. The van der Waals surface area contributed by atoms with E-state index in [-0.39, 0.29) is 11.2 Å². The Morgan fingerprint density at radius 3 is 2.89 bits per heavy atom. The van der Waals surface area contributed by atoms with Crippen molar-refractivity contribution in [2.45, 2.75) is 25.0 Å². The van der Waals surface area contributed by atoms with Crippen LogP contribution in [0.5, 0.6) is 0 Å². The number of nitrogens with zero attached hydrogens (tertiary/aromatic N) is 2. The van der Waals surface area contributed by atoms with Gasteiger partial charge in [-0.2, -0.15) is 5.10 Å². The molecule has 1 aliphatic heterocycles. The molecular weight excluding hydrogens is 246 g/mol. The molecular formula is C13H15N3OS. The Hall–Kier alpha value is -1.62. The van der Waals surface area contributed by atoms with Crippen LogP contribution >= 0.6 is 11.8 Å². The molecule has 18 heavy (non-hydrogen) atoms. The van der Waals surface area contributed by atoms with Crippen molar-refractivity contribution in [3.63, 3.8) is 0 Å². The standard InChI is InChI=1S/C13H15N3OS/c1-2-6-11-12(17)15-13(18-11)16-14-9-10-7-4-3-5-8-10/h3-5,7-9,11H,2,6H2,1H3,(H,15,16,17). The van der Waals surface area contributed by atoms with E-state index in [2.05, 4.69) is 22.4 Å². The molecule has 4 nitrogen and oxygen atoms in total. The topological polar surface area (TPSA) is 53.8 Å². The fourth-order valence-corrected chi connectivity index (χ4v) is 2.63. The summed E-state index contributed by atoms with van der Waals surface area (Å²) in [7, 11) is 0. The number of amides is 1. The van der Waals surface area contributed by atoms with Crippen molar-refractivity contribution >= 4 is 29.1 Å². The van der Waals surface area contributed by atoms with E-state index < -0.39 is 0 Å². The first-order chi connectivity index (χ1) is 8.79.